The molecule has 0 bridgehead atoms. The summed E-state index contributed by atoms with van der Waals surface area (Å²) in [5.41, 5.74) is 2.33. The van der Waals surface area contributed by atoms with Crippen molar-refractivity contribution in [1.82, 2.24) is 15.3 Å². The molecule has 0 aliphatic carbocycles. The lowest BCUT2D eigenvalue weighted by atomic mass is 10.3. The van der Waals surface area contributed by atoms with Crippen LogP contribution in [0.1, 0.15) is 5.76 Å². The summed E-state index contributed by atoms with van der Waals surface area (Å²) in [6, 6.07) is 17.2. The summed E-state index contributed by atoms with van der Waals surface area (Å²) >= 11 is 7.30. The number of furan rings is 1. The molecule has 0 atom stereocenters. The van der Waals surface area contributed by atoms with Gasteiger partial charge in [0.25, 0.3) is 5.91 Å². The minimum atomic E-state index is -0.544. The number of hydrogen-bond donors (Lipinski definition) is 2. The van der Waals surface area contributed by atoms with Crippen molar-refractivity contribution < 1.29 is 14.0 Å². The number of imide groups is 1. The van der Waals surface area contributed by atoms with Crippen LogP contribution in [0.25, 0.3) is 17.1 Å². The van der Waals surface area contributed by atoms with Gasteiger partial charge in [-0.25, -0.2) is 14.7 Å². The van der Waals surface area contributed by atoms with E-state index in [-0.39, 0.29) is 5.70 Å². The van der Waals surface area contributed by atoms with Gasteiger partial charge in [0.15, 0.2) is 10.2 Å². The van der Waals surface area contributed by atoms with Crippen LogP contribution in [0.5, 0.6) is 0 Å². The van der Waals surface area contributed by atoms with E-state index in [2.05, 4.69) is 15.3 Å². The molecule has 2 aromatic heterocycles. The molecular formula is C21H13ClN4O3S. The fourth-order valence-corrected chi connectivity index (χ4v) is 4.02. The molecule has 9 heteroatoms. The first kappa shape index (κ1) is 18.5. The van der Waals surface area contributed by atoms with E-state index in [1.165, 1.54) is 17.8 Å². The largest absolute Gasteiger partial charge is 0.450 e. The molecule has 0 radical (unpaired) electrons. The monoisotopic (exact) mass is 436 g/mol. The van der Waals surface area contributed by atoms with Gasteiger partial charge in [0, 0.05) is 11.1 Å². The quantitative estimate of drug-likeness (QED) is 0.344. The fourth-order valence-electron chi connectivity index (χ4n) is 3.07. The van der Waals surface area contributed by atoms with Crippen LogP contribution >= 0.6 is 23.4 Å². The van der Waals surface area contributed by atoms with Crippen molar-refractivity contribution in [3.8, 4) is 0 Å². The standard InChI is InChI=1S/C21H13ClN4O3S/c22-12-4-3-5-13(10-12)26-19(27)17(25-21(26)28)11-14-8-9-18(29-14)30-20-23-15-6-1-2-7-16(15)24-20/h1-11H,(H,23,24)(H,25,28)/b17-11+. The SMILES string of the molecule is O=C1N/C(=C/c2ccc(Sc3nc4ccccc4[nH]3)o2)C(=O)N1c1cccc(Cl)c1. The average molecular weight is 437 g/mol. The second-order valence-electron chi connectivity index (χ2n) is 6.43. The summed E-state index contributed by atoms with van der Waals surface area (Å²) in [5, 5.41) is 4.30. The number of imidazole rings is 1. The van der Waals surface area contributed by atoms with Gasteiger partial charge >= 0.3 is 6.03 Å². The van der Waals surface area contributed by atoms with Crippen molar-refractivity contribution in [3.63, 3.8) is 0 Å². The average Bonchev–Trinajstić information content (AvgIpc) is 3.40. The second kappa shape index (κ2) is 7.40. The van der Waals surface area contributed by atoms with Crippen LogP contribution in [-0.4, -0.2) is 21.9 Å². The first-order valence-electron chi connectivity index (χ1n) is 8.92. The highest BCUT2D eigenvalue weighted by Gasteiger charge is 2.35. The number of carbonyl (C=O) groups is 2. The van der Waals surface area contributed by atoms with Crippen molar-refractivity contribution in [2.75, 3.05) is 4.90 Å². The molecule has 148 valence electrons. The number of urea groups is 1. The molecule has 7 nitrogen and oxygen atoms in total. The van der Waals surface area contributed by atoms with Gasteiger partial charge in [-0.05, 0) is 54.2 Å². The van der Waals surface area contributed by atoms with Gasteiger partial charge in [-0.15, -0.1) is 0 Å². The van der Waals surface area contributed by atoms with Crippen LogP contribution < -0.4 is 10.2 Å². The Balaban J connectivity index is 1.36. The van der Waals surface area contributed by atoms with Crippen LogP contribution in [0.15, 0.2) is 81.0 Å². The molecule has 5 rings (SSSR count). The highest BCUT2D eigenvalue weighted by Crippen LogP contribution is 2.30. The van der Waals surface area contributed by atoms with E-state index in [0.717, 1.165) is 15.9 Å². The zero-order valence-electron chi connectivity index (χ0n) is 15.3. The summed E-state index contributed by atoms with van der Waals surface area (Å²) < 4.78 is 5.77. The number of rotatable bonds is 4. The van der Waals surface area contributed by atoms with E-state index < -0.39 is 11.9 Å². The topological polar surface area (TPSA) is 91.2 Å². The number of aromatic nitrogens is 2. The molecule has 2 aromatic carbocycles. The number of benzene rings is 2. The lowest BCUT2D eigenvalue weighted by molar-refractivity contribution is -0.113. The molecular weight excluding hydrogens is 424 g/mol. The summed E-state index contributed by atoms with van der Waals surface area (Å²) in [7, 11) is 0. The number of fused-ring (bicyclic) bond motifs is 1. The van der Waals surface area contributed by atoms with Gasteiger partial charge in [-0.3, -0.25) is 4.79 Å². The zero-order valence-corrected chi connectivity index (χ0v) is 16.8. The Morgan fingerprint density at radius 1 is 1.07 bits per heavy atom. The predicted octanol–water partition coefficient (Wildman–Crippen LogP) is 5.06. The summed E-state index contributed by atoms with van der Waals surface area (Å²) in [4.78, 5) is 33.7. The number of nitrogens with one attached hydrogen (secondary N) is 2. The third kappa shape index (κ3) is 3.47. The highest BCUT2D eigenvalue weighted by atomic mass is 35.5. The third-order valence-corrected chi connectivity index (χ3v) is 5.44. The maximum absolute atomic E-state index is 12.7. The van der Waals surface area contributed by atoms with E-state index in [9.17, 15) is 9.59 Å². The van der Waals surface area contributed by atoms with E-state index in [0.29, 0.717) is 26.7 Å². The van der Waals surface area contributed by atoms with Crippen molar-refractivity contribution in [1.29, 1.82) is 0 Å². The zero-order chi connectivity index (χ0) is 20.7. The fraction of sp³-hybridized carbons (Fsp3) is 0. The lowest BCUT2D eigenvalue weighted by Crippen LogP contribution is -2.30. The number of nitrogens with zero attached hydrogens (tertiary/aromatic N) is 2. The van der Waals surface area contributed by atoms with Crippen LogP contribution in [0.4, 0.5) is 10.5 Å². The van der Waals surface area contributed by atoms with Gasteiger partial charge in [-0.1, -0.05) is 29.8 Å². The first-order chi connectivity index (χ1) is 14.6. The molecule has 0 saturated carbocycles. The van der Waals surface area contributed by atoms with E-state index in [1.54, 1.807) is 36.4 Å². The molecule has 1 fully saturated rings. The normalized spacial score (nSPS) is 15.4. The molecule has 30 heavy (non-hydrogen) atoms. The minimum Gasteiger partial charge on any atom is -0.450 e. The maximum Gasteiger partial charge on any atom is 0.333 e. The molecule has 3 amide bonds. The van der Waals surface area contributed by atoms with Gasteiger partial charge in [0.1, 0.15) is 11.5 Å². The van der Waals surface area contributed by atoms with E-state index >= 15 is 0 Å². The smallest absolute Gasteiger partial charge is 0.333 e. The number of hydrogen-bond acceptors (Lipinski definition) is 5. The highest BCUT2D eigenvalue weighted by molar-refractivity contribution is 7.99. The molecule has 0 unspecified atom stereocenters. The van der Waals surface area contributed by atoms with Gasteiger partial charge in [0.2, 0.25) is 0 Å². The Bertz CT molecular complexity index is 1290. The van der Waals surface area contributed by atoms with E-state index in [4.69, 9.17) is 16.0 Å². The minimum absolute atomic E-state index is 0.120. The number of anilines is 1. The second-order valence-corrected chi connectivity index (χ2v) is 7.86. The molecule has 4 aromatic rings. The molecule has 1 aliphatic heterocycles. The van der Waals surface area contributed by atoms with Gasteiger partial charge < -0.3 is 14.7 Å². The number of H-pyrrole nitrogens is 1. The lowest BCUT2D eigenvalue weighted by Gasteiger charge is -2.11. The molecule has 2 N–H and O–H groups in total. The Labute approximate surface area is 179 Å². The Hall–Kier alpha value is -3.49. The Morgan fingerprint density at radius 2 is 1.93 bits per heavy atom. The van der Waals surface area contributed by atoms with Crippen molar-refractivity contribution in [3.05, 3.63) is 77.1 Å². The Kier molecular flexibility index (Phi) is 4.57. The molecule has 3 heterocycles. The van der Waals surface area contributed by atoms with Gasteiger partial charge in [0.05, 0.1) is 16.7 Å². The molecule has 1 saturated heterocycles. The number of halogens is 1. The van der Waals surface area contributed by atoms with Crippen LogP contribution in [0.2, 0.25) is 5.02 Å². The van der Waals surface area contributed by atoms with Crippen LogP contribution in [0.3, 0.4) is 0 Å². The molecule has 0 spiro atoms. The third-order valence-electron chi connectivity index (χ3n) is 4.40. The summed E-state index contributed by atoms with van der Waals surface area (Å²) in [6.07, 6.45) is 1.49. The van der Waals surface area contributed by atoms with Crippen molar-refractivity contribution >= 4 is 58.1 Å². The van der Waals surface area contributed by atoms with Crippen LogP contribution in [-0.2, 0) is 4.79 Å². The number of carbonyl (C=O) groups excluding carboxylic acids is 2. The summed E-state index contributed by atoms with van der Waals surface area (Å²) in [5.74, 6) is -0.0460. The van der Waals surface area contributed by atoms with E-state index in [1.807, 2.05) is 24.3 Å². The number of aromatic amines is 1. The molecule has 1 aliphatic rings. The maximum atomic E-state index is 12.7. The van der Waals surface area contributed by atoms with Gasteiger partial charge in [-0.2, -0.15) is 0 Å². The van der Waals surface area contributed by atoms with Crippen molar-refractivity contribution in [2.24, 2.45) is 0 Å². The van der Waals surface area contributed by atoms with Crippen molar-refractivity contribution in [2.45, 2.75) is 10.2 Å². The van der Waals surface area contributed by atoms with Crippen LogP contribution in [0, 0.1) is 0 Å². The summed E-state index contributed by atoms with van der Waals surface area (Å²) in [6.45, 7) is 0. The Morgan fingerprint density at radius 3 is 2.77 bits per heavy atom. The number of para-hydroxylation sites is 2. The number of amides is 3. The first-order valence-corrected chi connectivity index (χ1v) is 10.1. The predicted molar refractivity (Wildman–Crippen MR) is 114 cm³/mol.